The fourth-order valence-electron chi connectivity index (χ4n) is 1.77. The molecule has 1 aromatic rings. The van der Waals surface area contributed by atoms with Gasteiger partial charge < -0.3 is 10.5 Å². The number of amidine groups is 1. The SMILES string of the molecule is NN/N=C(\N)C1CC(Oc2ccc(Br)cc2)C1. The Kier molecular flexibility index (Phi) is 3.86. The van der Waals surface area contributed by atoms with Gasteiger partial charge in [-0.15, -0.1) is 0 Å². The predicted octanol–water partition coefficient (Wildman–Crippen LogP) is 1.34. The van der Waals surface area contributed by atoms with E-state index in [9.17, 15) is 0 Å². The van der Waals surface area contributed by atoms with Gasteiger partial charge in [0.15, 0.2) is 0 Å². The van der Waals surface area contributed by atoms with Crippen LogP contribution in [0.5, 0.6) is 5.75 Å². The van der Waals surface area contributed by atoms with Crippen LogP contribution in [-0.4, -0.2) is 11.9 Å². The standard InChI is InChI=1S/C11H15BrN4O/c12-8-1-3-9(4-2-8)17-10-5-7(6-10)11(13)15-16-14/h1-4,7,10,16H,5-6,14H2,(H2,13,15). The molecule has 0 saturated heterocycles. The predicted molar refractivity (Wildman–Crippen MR) is 70.2 cm³/mol. The lowest BCUT2D eigenvalue weighted by atomic mass is 9.81. The summed E-state index contributed by atoms with van der Waals surface area (Å²) < 4.78 is 6.82. The fraction of sp³-hybridized carbons (Fsp3) is 0.364. The van der Waals surface area contributed by atoms with Crippen molar-refractivity contribution in [3.63, 3.8) is 0 Å². The van der Waals surface area contributed by atoms with E-state index in [1.807, 2.05) is 24.3 Å². The van der Waals surface area contributed by atoms with E-state index in [2.05, 4.69) is 26.6 Å². The van der Waals surface area contributed by atoms with Crippen LogP contribution in [0.25, 0.3) is 0 Å². The number of nitrogens with one attached hydrogen (secondary N) is 1. The zero-order valence-electron chi connectivity index (χ0n) is 9.27. The molecule has 0 atom stereocenters. The number of hydrazine groups is 1. The first-order valence-corrected chi connectivity index (χ1v) is 6.19. The summed E-state index contributed by atoms with van der Waals surface area (Å²) >= 11 is 3.38. The molecule has 1 fully saturated rings. The molecule has 1 aliphatic rings. The number of ether oxygens (including phenoxy) is 1. The lowest BCUT2D eigenvalue weighted by molar-refractivity contribution is 0.0933. The van der Waals surface area contributed by atoms with Gasteiger partial charge >= 0.3 is 0 Å². The van der Waals surface area contributed by atoms with Crippen LogP contribution in [0.15, 0.2) is 33.8 Å². The van der Waals surface area contributed by atoms with E-state index in [0.29, 0.717) is 5.84 Å². The normalized spacial score (nSPS) is 24.0. The van der Waals surface area contributed by atoms with Crippen LogP contribution in [0, 0.1) is 5.92 Å². The van der Waals surface area contributed by atoms with E-state index in [1.165, 1.54) is 0 Å². The van der Waals surface area contributed by atoms with Gasteiger partial charge in [0, 0.05) is 10.4 Å². The van der Waals surface area contributed by atoms with Gasteiger partial charge in [-0.25, -0.2) is 11.4 Å². The van der Waals surface area contributed by atoms with Crippen LogP contribution < -0.4 is 21.8 Å². The molecule has 0 bridgehead atoms. The van der Waals surface area contributed by atoms with Crippen molar-refractivity contribution in [3.05, 3.63) is 28.7 Å². The second-order valence-electron chi connectivity index (χ2n) is 4.03. The number of nitrogens with two attached hydrogens (primary N) is 2. The van der Waals surface area contributed by atoms with Crippen LogP contribution in [0.3, 0.4) is 0 Å². The molecule has 0 spiro atoms. The third-order valence-corrected chi connectivity index (χ3v) is 3.35. The van der Waals surface area contributed by atoms with Crippen molar-refractivity contribution in [3.8, 4) is 5.75 Å². The maximum absolute atomic E-state index is 5.78. The largest absolute Gasteiger partial charge is 0.490 e. The van der Waals surface area contributed by atoms with Gasteiger partial charge in [0.2, 0.25) is 0 Å². The molecule has 17 heavy (non-hydrogen) atoms. The molecule has 0 aromatic heterocycles. The second kappa shape index (κ2) is 5.37. The third kappa shape index (κ3) is 3.10. The average Bonchev–Trinajstić information content (AvgIpc) is 2.25. The average molecular weight is 299 g/mol. The summed E-state index contributed by atoms with van der Waals surface area (Å²) in [6, 6.07) is 7.80. The Morgan fingerprint density at radius 3 is 2.59 bits per heavy atom. The summed E-state index contributed by atoms with van der Waals surface area (Å²) in [6.07, 6.45) is 1.98. The first-order chi connectivity index (χ1) is 8.19. The number of hydrogen-bond acceptors (Lipinski definition) is 4. The monoisotopic (exact) mass is 298 g/mol. The second-order valence-corrected chi connectivity index (χ2v) is 4.94. The first-order valence-electron chi connectivity index (χ1n) is 5.40. The molecule has 5 nitrogen and oxygen atoms in total. The van der Waals surface area contributed by atoms with E-state index >= 15 is 0 Å². The lowest BCUT2D eigenvalue weighted by Crippen LogP contribution is -2.42. The zero-order chi connectivity index (χ0) is 12.3. The highest BCUT2D eigenvalue weighted by Crippen LogP contribution is 2.31. The molecule has 0 heterocycles. The Morgan fingerprint density at radius 2 is 2.00 bits per heavy atom. The molecule has 1 saturated carbocycles. The van der Waals surface area contributed by atoms with E-state index in [-0.39, 0.29) is 12.0 Å². The Bertz CT molecular complexity index is 400. The summed E-state index contributed by atoms with van der Waals surface area (Å²) in [6.45, 7) is 0. The summed E-state index contributed by atoms with van der Waals surface area (Å²) in [5, 5.41) is 3.76. The van der Waals surface area contributed by atoms with Crippen LogP contribution in [-0.2, 0) is 0 Å². The summed E-state index contributed by atoms with van der Waals surface area (Å²) in [5.41, 5.74) is 7.91. The molecule has 2 rings (SSSR count). The van der Waals surface area contributed by atoms with Gasteiger partial charge in [0.05, 0.1) is 0 Å². The van der Waals surface area contributed by atoms with Gasteiger partial charge in [-0.05, 0) is 37.1 Å². The van der Waals surface area contributed by atoms with Crippen LogP contribution in [0.2, 0.25) is 0 Å². The van der Waals surface area contributed by atoms with Crippen molar-refractivity contribution in [1.82, 2.24) is 5.53 Å². The molecule has 0 unspecified atom stereocenters. The molecule has 0 amide bonds. The van der Waals surface area contributed by atoms with E-state index in [1.54, 1.807) is 0 Å². The van der Waals surface area contributed by atoms with Crippen LogP contribution in [0.4, 0.5) is 0 Å². The summed E-state index contributed by atoms with van der Waals surface area (Å²) in [5.74, 6) is 6.76. The minimum absolute atomic E-state index is 0.215. The molecule has 0 aliphatic heterocycles. The van der Waals surface area contributed by atoms with Crippen molar-refractivity contribution in [2.75, 3.05) is 0 Å². The van der Waals surface area contributed by atoms with Crippen LogP contribution >= 0.6 is 15.9 Å². The van der Waals surface area contributed by atoms with Gasteiger partial charge in [0.25, 0.3) is 0 Å². The van der Waals surface area contributed by atoms with Crippen molar-refractivity contribution in [2.45, 2.75) is 18.9 Å². The number of rotatable bonds is 4. The number of nitrogens with zero attached hydrogens (tertiary/aromatic N) is 1. The number of benzene rings is 1. The summed E-state index contributed by atoms with van der Waals surface area (Å²) in [7, 11) is 0. The van der Waals surface area contributed by atoms with Crippen molar-refractivity contribution in [2.24, 2.45) is 22.6 Å². The van der Waals surface area contributed by atoms with Crippen molar-refractivity contribution < 1.29 is 4.74 Å². The highest BCUT2D eigenvalue weighted by molar-refractivity contribution is 9.10. The van der Waals surface area contributed by atoms with E-state index < -0.39 is 0 Å². The topological polar surface area (TPSA) is 85.7 Å². The number of hydrazone groups is 1. The van der Waals surface area contributed by atoms with Crippen molar-refractivity contribution in [1.29, 1.82) is 0 Å². The molecular weight excluding hydrogens is 284 g/mol. The molecule has 6 heteroatoms. The third-order valence-electron chi connectivity index (χ3n) is 2.82. The minimum Gasteiger partial charge on any atom is -0.490 e. The van der Waals surface area contributed by atoms with Crippen LogP contribution in [0.1, 0.15) is 12.8 Å². The maximum Gasteiger partial charge on any atom is 0.124 e. The van der Waals surface area contributed by atoms with Crippen molar-refractivity contribution >= 4 is 21.8 Å². The Labute approximate surface area is 108 Å². The van der Waals surface area contributed by atoms with E-state index in [4.69, 9.17) is 16.3 Å². The van der Waals surface area contributed by atoms with Gasteiger partial charge in [-0.3, -0.25) is 0 Å². The quantitative estimate of drug-likeness (QED) is 0.339. The smallest absolute Gasteiger partial charge is 0.124 e. The molecule has 92 valence electrons. The molecule has 0 radical (unpaired) electrons. The van der Waals surface area contributed by atoms with E-state index in [0.717, 1.165) is 23.1 Å². The molecule has 5 N–H and O–H groups in total. The Morgan fingerprint density at radius 1 is 1.35 bits per heavy atom. The highest BCUT2D eigenvalue weighted by atomic mass is 79.9. The van der Waals surface area contributed by atoms with Gasteiger partial charge in [-0.2, -0.15) is 5.10 Å². The lowest BCUT2D eigenvalue weighted by Gasteiger charge is -2.34. The number of halogens is 1. The van der Waals surface area contributed by atoms with Gasteiger partial charge in [-0.1, -0.05) is 15.9 Å². The fourth-order valence-corrected chi connectivity index (χ4v) is 2.04. The molecular formula is C11H15BrN4O. The molecule has 1 aromatic carbocycles. The highest BCUT2D eigenvalue weighted by Gasteiger charge is 2.33. The first kappa shape index (κ1) is 12.2. The number of hydrogen-bond donors (Lipinski definition) is 3. The minimum atomic E-state index is 0.215. The Hall–Kier alpha value is -1.27. The molecule has 1 aliphatic carbocycles. The van der Waals surface area contributed by atoms with Gasteiger partial charge in [0.1, 0.15) is 17.7 Å². The maximum atomic E-state index is 5.78. The summed E-state index contributed by atoms with van der Waals surface area (Å²) in [4.78, 5) is 0. The zero-order valence-corrected chi connectivity index (χ0v) is 10.9. The Balaban J connectivity index is 1.81.